The fraction of sp³-hybridized carbons (Fsp3) is 0.167. The summed E-state index contributed by atoms with van der Waals surface area (Å²) in [5, 5.41) is 3.18. The van der Waals surface area contributed by atoms with E-state index in [2.05, 4.69) is 15.3 Å². The summed E-state index contributed by atoms with van der Waals surface area (Å²) in [6.45, 7) is 1.19. The fourth-order valence-corrected chi connectivity index (χ4v) is 3.66. The highest BCUT2D eigenvalue weighted by atomic mass is 16.5. The van der Waals surface area contributed by atoms with Gasteiger partial charge in [0.2, 0.25) is 0 Å². The van der Waals surface area contributed by atoms with Crippen molar-refractivity contribution in [1.82, 2.24) is 15.3 Å². The molecule has 2 heterocycles. The number of aromatic amines is 1. The second kappa shape index (κ2) is 7.91. The van der Waals surface area contributed by atoms with Crippen LogP contribution in [0, 0.1) is 0 Å². The quantitative estimate of drug-likeness (QED) is 0.538. The molecule has 0 fully saturated rings. The van der Waals surface area contributed by atoms with Crippen molar-refractivity contribution in [3.63, 3.8) is 0 Å². The number of fused-ring (bicyclic) bond motifs is 2. The molecular weight excluding hydrogens is 378 g/mol. The van der Waals surface area contributed by atoms with Gasteiger partial charge in [0.05, 0.1) is 36.6 Å². The number of H-pyrrole nitrogens is 1. The van der Waals surface area contributed by atoms with Gasteiger partial charge in [-0.3, -0.25) is 4.79 Å². The number of nitrogens with one attached hydrogen (secondary N) is 2. The lowest BCUT2D eigenvalue weighted by Gasteiger charge is -2.20. The summed E-state index contributed by atoms with van der Waals surface area (Å²) in [6, 6.07) is 20.9. The highest BCUT2D eigenvalue weighted by molar-refractivity contribution is 5.95. The fourth-order valence-electron chi connectivity index (χ4n) is 3.66. The van der Waals surface area contributed by atoms with Gasteiger partial charge in [-0.25, -0.2) is 4.98 Å². The zero-order valence-corrected chi connectivity index (χ0v) is 16.3. The van der Waals surface area contributed by atoms with Crippen molar-refractivity contribution in [2.45, 2.75) is 12.5 Å². The van der Waals surface area contributed by atoms with Crippen molar-refractivity contribution in [3.05, 3.63) is 89.7 Å². The lowest BCUT2D eigenvalue weighted by molar-refractivity contribution is 0.0942. The van der Waals surface area contributed by atoms with Crippen LogP contribution in [-0.4, -0.2) is 29.1 Å². The predicted octanol–water partition coefficient (Wildman–Crippen LogP) is 4.24. The third-order valence-corrected chi connectivity index (χ3v) is 5.20. The Labute approximate surface area is 173 Å². The summed E-state index contributed by atoms with van der Waals surface area (Å²) in [6.07, 6.45) is 2.49. The van der Waals surface area contributed by atoms with Crippen LogP contribution in [0.5, 0.6) is 11.5 Å². The number of hydrogen-bond donors (Lipinski definition) is 2. The van der Waals surface area contributed by atoms with E-state index in [1.54, 1.807) is 24.5 Å². The molecule has 2 N–H and O–H groups in total. The molecule has 5 rings (SSSR count). The maximum atomic E-state index is 13.2. The highest BCUT2D eigenvalue weighted by Crippen LogP contribution is 2.31. The van der Waals surface area contributed by atoms with E-state index in [1.165, 1.54) is 0 Å². The number of aromatic nitrogens is 2. The van der Waals surface area contributed by atoms with Crippen LogP contribution in [0.25, 0.3) is 11.0 Å². The molecule has 0 saturated carbocycles. The number of carbonyl (C=O) groups excluding carboxylic acids is 1. The monoisotopic (exact) mass is 399 g/mol. The average molecular weight is 399 g/mol. The van der Waals surface area contributed by atoms with Crippen LogP contribution < -0.4 is 14.8 Å². The van der Waals surface area contributed by atoms with Gasteiger partial charge in [-0.15, -0.1) is 0 Å². The zero-order valence-electron chi connectivity index (χ0n) is 16.3. The van der Waals surface area contributed by atoms with E-state index in [4.69, 9.17) is 9.47 Å². The van der Waals surface area contributed by atoms with Crippen LogP contribution in [0.15, 0.2) is 73.1 Å². The minimum Gasteiger partial charge on any atom is -0.490 e. The number of rotatable bonds is 4. The molecule has 0 saturated heterocycles. The van der Waals surface area contributed by atoms with E-state index in [9.17, 15) is 4.79 Å². The minimum atomic E-state index is -0.303. The second-order valence-electron chi connectivity index (χ2n) is 7.21. The molecule has 3 aromatic carbocycles. The first-order valence-electron chi connectivity index (χ1n) is 9.96. The summed E-state index contributed by atoms with van der Waals surface area (Å²) in [5.74, 6) is 1.10. The van der Waals surface area contributed by atoms with Crippen molar-refractivity contribution in [2.24, 2.45) is 0 Å². The molecule has 0 aliphatic carbocycles. The van der Waals surface area contributed by atoms with Crippen molar-refractivity contribution in [2.75, 3.05) is 13.2 Å². The standard InChI is InChI=1S/C24H21N3O3/c28-24(18-8-10-21-22(14-18)30-12-4-11-29-21)27-23(16-5-2-1-3-6-16)17-7-9-19-20(13-17)26-15-25-19/h1-3,5-10,13-15,23H,4,11-12H2,(H,25,26)(H,27,28). The Morgan fingerprint density at radius 3 is 2.63 bits per heavy atom. The molecule has 0 spiro atoms. The van der Waals surface area contributed by atoms with Crippen LogP contribution in [0.2, 0.25) is 0 Å². The summed E-state index contributed by atoms with van der Waals surface area (Å²) in [4.78, 5) is 20.6. The number of benzene rings is 3. The van der Waals surface area contributed by atoms with E-state index < -0.39 is 0 Å². The number of carbonyl (C=O) groups is 1. The molecule has 1 aliphatic heterocycles. The Morgan fingerprint density at radius 2 is 1.77 bits per heavy atom. The maximum Gasteiger partial charge on any atom is 0.252 e. The van der Waals surface area contributed by atoms with Gasteiger partial charge in [-0.1, -0.05) is 36.4 Å². The van der Waals surface area contributed by atoms with Crippen LogP contribution in [0.3, 0.4) is 0 Å². The second-order valence-corrected chi connectivity index (χ2v) is 7.21. The number of amides is 1. The minimum absolute atomic E-state index is 0.177. The van der Waals surface area contributed by atoms with Crippen molar-refractivity contribution < 1.29 is 14.3 Å². The van der Waals surface area contributed by atoms with E-state index in [-0.39, 0.29) is 11.9 Å². The molecule has 1 amide bonds. The molecule has 1 aliphatic rings. The number of hydrogen-bond acceptors (Lipinski definition) is 4. The molecule has 0 bridgehead atoms. The topological polar surface area (TPSA) is 76.2 Å². The lowest BCUT2D eigenvalue weighted by atomic mass is 9.97. The number of ether oxygens (including phenoxy) is 2. The van der Waals surface area contributed by atoms with Gasteiger partial charge >= 0.3 is 0 Å². The van der Waals surface area contributed by atoms with Gasteiger partial charge in [0.15, 0.2) is 11.5 Å². The van der Waals surface area contributed by atoms with Gasteiger partial charge in [0.1, 0.15) is 0 Å². The van der Waals surface area contributed by atoms with Crippen LogP contribution in [-0.2, 0) is 0 Å². The SMILES string of the molecule is O=C(NC(c1ccccc1)c1ccc2nc[nH]c2c1)c1ccc2c(c1)OCCCO2. The number of nitrogens with zero attached hydrogens (tertiary/aromatic N) is 1. The molecule has 1 atom stereocenters. The molecule has 4 aromatic rings. The van der Waals surface area contributed by atoms with Crippen molar-refractivity contribution in [1.29, 1.82) is 0 Å². The molecule has 150 valence electrons. The largest absolute Gasteiger partial charge is 0.490 e. The van der Waals surface area contributed by atoms with Gasteiger partial charge in [-0.05, 0) is 41.5 Å². The Bertz CT molecular complexity index is 1190. The Balaban J connectivity index is 1.48. The Kier molecular flexibility index (Phi) is 4.81. The van der Waals surface area contributed by atoms with Gasteiger partial charge in [0.25, 0.3) is 5.91 Å². The highest BCUT2D eigenvalue weighted by Gasteiger charge is 2.20. The van der Waals surface area contributed by atoms with Crippen LogP contribution >= 0.6 is 0 Å². The smallest absolute Gasteiger partial charge is 0.252 e. The van der Waals surface area contributed by atoms with Gasteiger partial charge < -0.3 is 19.8 Å². The lowest BCUT2D eigenvalue weighted by Crippen LogP contribution is -2.29. The van der Waals surface area contributed by atoms with E-state index >= 15 is 0 Å². The first-order valence-corrected chi connectivity index (χ1v) is 9.96. The Hall–Kier alpha value is -3.80. The molecule has 6 nitrogen and oxygen atoms in total. The summed E-state index contributed by atoms with van der Waals surface area (Å²) in [7, 11) is 0. The molecule has 30 heavy (non-hydrogen) atoms. The normalized spacial score (nSPS) is 14.1. The van der Waals surface area contributed by atoms with E-state index in [0.29, 0.717) is 30.3 Å². The van der Waals surface area contributed by atoms with Crippen molar-refractivity contribution in [3.8, 4) is 11.5 Å². The predicted molar refractivity (Wildman–Crippen MR) is 114 cm³/mol. The van der Waals surface area contributed by atoms with Gasteiger partial charge in [0, 0.05) is 12.0 Å². The molecule has 0 radical (unpaired) electrons. The number of imidazole rings is 1. The summed E-state index contributed by atoms with van der Waals surface area (Å²) < 4.78 is 11.4. The van der Waals surface area contributed by atoms with Crippen LogP contribution in [0.4, 0.5) is 0 Å². The van der Waals surface area contributed by atoms with Crippen LogP contribution in [0.1, 0.15) is 33.9 Å². The van der Waals surface area contributed by atoms with Crippen molar-refractivity contribution >= 4 is 16.9 Å². The first-order chi connectivity index (χ1) is 14.8. The van der Waals surface area contributed by atoms with Gasteiger partial charge in [-0.2, -0.15) is 0 Å². The zero-order chi connectivity index (χ0) is 20.3. The third-order valence-electron chi connectivity index (χ3n) is 5.20. The molecule has 1 aromatic heterocycles. The Morgan fingerprint density at radius 1 is 0.933 bits per heavy atom. The first kappa shape index (κ1) is 18.2. The molecular formula is C24H21N3O3. The third kappa shape index (κ3) is 3.59. The molecule has 6 heteroatoms. The van der Waals surface area contributed by atoms with E-state index in [1.807, 2.05) is 48.5 Å². The molecule has 1 unspecified atom stereocenters. The summed E-state index contributed by atoms with van der Waals surface area (Å²) in [5.41, 5.74) is 4.32. The van der Waals surface area contributed by atoms with E-state index in [0.717, 1.165) is 28.6 Å². The summed E-state index contributed by atoms with van der Waals surface area (Å²) >= 11 is 0. The average Bonchev–Trinajstić information content (AvgIpc) is 3.13. The maximum absolute atomic E-state index is 13.2.